The lowest BCUT2D eigenvalue weighted by atomic mass is 10.1. The third-order valence-electron chi connectivity index (χ3n) is 7.27. The number of hydrogen-bond donors (Lipinski definition) is 12. The Morgan fingerprint density at radius 1 is 0.849 bits per heavy atom. The van der Waals surface area contributed by atoms with Crippen LogP contribution in [0.5, 0.6) is 0 Å². The maximum absolute atomic E-state index is 13.1. The van der Waals surface area contributed by atoms with E-state index in [1.807, 2.05) is 18.2 Å². The molecule has 4 atom stereocenters. The quantitative estimate of drug-likeness (QED) is 0.0351. The van der Waals surface area contributed by atoms with Gasteiger partial charge in [-0.1, -0.05) is 35.9 Å². The molecule has 1 fully saturated rings. The van der Waals surface area contributed by atoms with Crippen molar-refractivity contribution in [1.29, 1.82) is 0 Å². The number of aliphatic carboxylic acids is 1. The lowest BCUT2D eigenvalue weighted by Crippen LogP contribution is -2.55. The number of hydrogen-bond acceptors (Lipinski definition) is 11. The number of rotatable bonds is 15. The predicted octanol–water partition coefficient (Wildman–Crippen LogP) is -4.13. The fourth-order valence-electron chi connectivity index (χ4n) is 4.49. The Bertz CT molecular complexity index is 1430. The van der Waals surface area contributed by atoms with Crippen LogP contribution in [-0.2, 0) is 38.4 Å². The minimum Gasteiger partial charge on any atom is -0.480 e. The van der Waals surface area contributed by atoms with Crippen LogP contribution in [0.15, 0.2) is 35.3 Å². The van der Waals surface area contributed by atoms with Crippen LogP contribution in [0.2, 0.25) is 0 Å². The van der Waals surface area contributed by atoms with Gasteiger partial charge < -0.3 is 59.5 Å². The Hall–Kier alpha value is -5.44. The summed E-state index contributed by atoms with van der Waals surface area (Å²) in [4.78, 5) is 104. The third kappa shape index (κ3) is 20.3. The zero-order valence-electron chi connectivity index (χ0n) is 29.5. The summed E-state index contributed by atoms with van der Waals surface area (Å²) in [5.41, 5.74) is 17.5. The molecule has 1 aromatic rings. The number of nitrogens with zero attached hydrogens (tertiary/aromatic N) is 1. The third-order valence-corrected chi connectivity index (χ3v) is 7.63. The summed E-state index contributed by atoms with van der Waals surface area (Å²) in [6.07, 6.45) is 0.825. The average Bonchev–Trinajstić information content (AvgIpc) is 3.11. The van der Waals surface area contributed by atoms with Gasteiger partial charge in [0.1, 0.15) is 24.2 Å². The largest absolute Gasteiger partial charge is 0.480 e. The van der Waals surface area contributed by atoms with Crippen LogP contribution in [0.4, 0.5) is 0 Å². The Labute approximate surface area is 312 Å². The highest BCUT2D eigenvalue weighted by molar-refractivity contribution is 7.80. The second kappa shape index (κ2) is 25.5. The molecule has 14 N–H and O–H groups in total. The predicted molar refractivity (Wildman–Crippen MR) is 197 cm³/mol. The first-order valence-corrected chi connectivity index (χ1v) is 17.4. The van der Waals surface area contributed by atoms with Gasteiger partial charge in [-0.25, -0.2) is 4.79 Å². The minimum absolute atomic E-state index is 0.0665. The number of aliphatic imine (C=N–C) groups is 1. The van der Waals surface area contributed by atoms with Crippen molar-refractivity contribution in [2.75, 3.05) is 38.5 Å². The van der Waals surface area contributed by atoms with Gasteiger partial charge in [0.25, 0.3) is 0 Å². The molecule has 1 aliphatic heterocycles. The number of carbonyl (C=O) groups is 8. The number of aryl methyl sites for hydroxylation is 1. The van der Waals surface area contributed by atoms with Crippen molar-refractivity contribution >= 4 is 65.9 Å². The molecule has 1 aromatic carbocycles. The molecule has 20 nitrogen and oxygen atoms in total. The van der Waals surface area contributed by atoms with Crippen molar-refractivity contribution in [3.63, 3.8) is 0 Å². The smallest absolute Gasteiger partial charge is 0.327 e. The maximum atomic E-state index is 13.1. The summed E-state index contributed by atoms with van der Waals surface area (Å²) < 4.78 is 0. The van der Waals surface area contributed by atoms with Gasteiger partial charge >= 0.3 is 5.97 Å². The van der Waals surface area contributed by atoms with E-state index < -0.39 is 97.5 Å². The molecule has 1 heterocycles. The van der Waals surface area contributed by atoms with E-state index in [2.05, 4.69) is 73.9 Å². The van der Waals surface area contributed by atoms with Crippen LogP contribution >= 0.6 is 12.6 Å². The van der Waals surface area contributed by atoms with Crippen molar-refractivity contribution < 1.29 is 43.5 Å². The number of benzene rings is 1. The van der Waals surface area contributed by atoms with Crippen LogP contribution in [0.1, 0.15) is 44.1 Å². The van der Waals surface area contributed by atoms with Crippen LogP contribution in [0.3, 0.4) is 0 Å². The number of carboxylic acids is 1. The molecule has 0 bridgehead atoms. The summed E-state index contributed by atoms with van der Waals surface area (Å²) in [5, 5.41) is 25.4. The van der Waals surface area contributed by atoms with Gasteiger partial charge in [-0.15, -0.1) is 0 Å². The molecule has 294 valence electrons. The topological polar surface area (TPSA) is 331 Å². The summed E-state index contributed by atoms with van der Waals surface area (Å²) in [7, 11) is 0. The molecule has 0 aromatic heterocycles. The molecule has 21 heteroatoms. The molecule has 2 rings (SSSR count). The fourth-order valence-corrected chi connectivity index (χ4v) is 4.74. The van der Waals surface area contributed by atoms with E-state index in [-0.39, 0.29) is 37.5 Å². The molecule has 0 radical (unpaired) electrons. The normalized spacial score (nSPS) is 18.7. The van der Waals surface area contributed by atoms with Gasteiger partial charge in [0.2, 0.25) is 41.4 Å². The van der Waals surface area contributed by atoms with Gasteiger partial charge in [0, 0.05) is 12.3 Å². The number of unbranched alkanes of at least 4 members (excludes halogenated alkanes) is 1. The zero-order chi connectivity index (χ0) is 39.8. The molecule has 1 aliphatic rings. The number of amides is 7. The monoisotopic (exact) mass is 765 g/mol. The van der Waals surface area contributed by atoms with Gasteiger partial charge in [0.15, 0.2) is 5.96 Å². The molecule has 1 saturated heterocycles. The molecule has 0 aliphatic carbocycles. The number of nitrogens with two attached hydrogens (primary N) is 3. The summed E-state index contributed by atoms with van der Waals surface area (Å²) >= 11 is 3.82. The van der Waals surface area contributed by atoms with Crippen molar-refractivity contribution in [1.82, 2.24) is 37.2 Å². The van der Waals surface area contributed by atoms with Crippen molar-refractivity contribution in [3.8, 4) is 0 Å². The van der Waals surface area contributed by atoms with Gasteiger partial charge in [-0.3, -0.25) is 38.6 Å². The standard InChI is InChI=1S/C25H43N11O9S.C7H8/c26-6-2-1-4-14-23(43)36-13(5-3-7-29-25(27)28)21(41)31-11-20(40)34-15(22(42)32-10-19(39)33-14)8-17(37)30-9-18(38)35-16(12-46)24(44)45;1-7-5-3-2-4-6-7/h13-16,46H,1-12,26H2,(H,30,37)(H,31,41)(H,32,42)(H,33,39)(H,34,40)(H,35,38)(H,36,43)(H,44,45)(H4,27,28,29);2-6H,1H3/t13-,14-,15-,16+;/m0./s1. The van der Waals surface area contributed by atoms with Crippen LogP contribution in [-0.4, -0.2) is 121 Å². The van der Waals surface area contributed by atoms with Gasteiger partial charge in [-0.2, -0.15) is 12.6 Å². The molecular formula is C32H51N11O9S. The Morgan fingerprint density at radius 3 is 1.94 bits per heavy atom. The molecule has 53 heavy (non-hydrogen) atoms. The highest BCUT2D eigenvalue weighted by atomic mass is 32.1. The van der Waals surface area contributed by atoms with Crippen LogP contribution in [0, 0.1) is 6.92 Å². The highest BCUT2D eigenvalue weighted by Crippen LogP contribution is 2.05. The second-order valence-corrected chi connectivity index (χ2v) is 12.1. The fraction of sp³-hybridized carbons (Fsp3) is 0.531. The molecule has 0 unspecified atom stereocenters. The van der Waals surface area contributed by atoms with Gasteiger partial charge in [-0.05, 0) is 45.6 Å². The average molecular weight is 766 g/mol. The number of nitrogens with one attached hydrogen (secondary N) is 7. The zero-order valence-corrected chi connectivity index (χ0v) is 30.4. The first kappa shape index (κ1) is 45.6. The van der Waals surface area contributed by atoms with E-state index in [0.29, 0.717) is 19.4 Å². The lowest BCUT2D eigenvalue weighted by Gasteiger charge is -2.23. The van der Waals surface area contributed by atoms with E-state index in [4.69, 9.17) is 22.3 Å². The molecule has 0 spiro atoms. The summed E-state index contributed by atoms with van der Waals surface area (Å²) in [6, 6.07) is 5.17. The Balaban J connectivity index is 0.00000178. The van der Waals surface area contributed by atoms with Crippen molar-refractivity contribution in [3.05, 3.63) is 35.9 Å². The maximum Gasteiger partial charge on any atom is 0.327 e. The van der Waals surface area contributed by atoms with E-state index in [1.54, 1.807) is 0 Å². The number of thiol groups is 1. The summed E-state index contributed by atoms with van der Waals surface area (Å²) in [5.74, 6) is -7.46. The lowest BCUT2D eigenvalue weighted by molar-refractivity contribution is -0.141. The Morgan fingerprint density at radius 2 is 1.42 bits per heavy atom. The molecular weight excluding hydrogens is 714 g/mol. The first-order chi connectivity index (χ1) is 25.2. The Kier molecular flexibility index (Phi) is 21.9. The SMILES string of the molecule is Cc1ccccc1.NCCCC[C@@H]1NC(=O)CNC(=O)[C@H](CC(=O)NCC(=O)N[C@H](CS)C(=O)O)NC(=O)CNC(=O)[C@H](CCCN=C(N)N)NC1=O. The van der Waals surface area contributed by atoms with Gasteiger partial charge in [0.05, 0.1) is 26.1 Å². The minimum atomic E-state index is -1.55. The molecule has 7 amide bonds. The van der Waals surface area contributed by atoms with Crippen LogP contribution in [0.25, 0.3) is 0 Å². The van der Waals surface area contributed by atoms with Crippen molar-refractivity contribution in [2.45, 2.75) is 69.6 Å². The second-order valence-electron chi connectivity index (χ2n) is 11.7. The number of carbonyl (C=O) groups excluding carboxylic acids is 7. The number of carboxylic acid groups (broad SMARTS) is 1. The highest BCUT2D eigenvalue weighted by Gasteiger charge is 2.29. The van der Waals surface area contributed by atoms with E-state index in [0.717, 1.165) is 0 Å². The van der Waals surface area contributed by atoms with E-state index in [9.17, 15) is 38.4 Å². The first-order valence-electron chi connectivity index (χ1n) is 16.8. The molecule has 0 saturated carbocycles. The van der Waals surface area contributed by atoms with E-state index >= 15 is 0 Å². The summed E-state index contributed by atoms with van der Waals surface area (Å²) in [6.45, 7) is 0.648. The van der Waals surface area contributed by atoms with Crippen LogP contribution < -0.4 is 54.4 Å². The van der Waals surface area contributed by atoms with E-state index in [1.165, 1.54) is 5.56 Å². The number of guanidine groups is 1. The van der Waals surface area contributed by atoms with Crippen molar-refractivity contribution in [2.24, 2.45) is 22.2 Å².